The number of amides is 1. The molecular formula is C21H26N6O3. The molecule has 1 aliphatic rings. The second kappa shape index (κ2) is 7.24. The van der Waals surface area contributed by atoms with Crippen molar-refractivity contribution in [3.8, 4) is 17.1 Å². The van der Waals surface area contributed by atoms with Gasteiger partial charge in [-0.1, -0.05) is 6.58 Å². The van der Waals surface area contributed by atoms with Crippen LogP contribution in [0.15, 0.2) is 43.5 Å². The first-order valence-electron chi connectivity index (χ1n) is 9.76. The fourth-order valence-electron chi connectivity index (χ4n) is 3.93. The Balaban J connectivity index is 1.61. The molecule has 0 N–H and O–H groups in total. The molecule has 1 aliphatic heterocycles. The molecule has 0 radical (unpaired) electrons. The molecule has 1 atom stereocenters. The second-order valence-corrected chi connectivity index (χ2v) is 8.49. The van der Waals surface area contributed by atoms with Crippen LogP contribution in [0.25, 0.3) is 16.8 Å². The molecule has 0 aliphatic carbocycles. The predicted octanol–water partition coefficient (Wildman–Crippen LogP) is 2.09. The highest BCUT2D eigenvalue weighted by Gasteiger charge is 2.43. The van der Waals surface area contributed by atoms with Crippen molar-refractivity contribution in [1.29, 1.82) is 0 Å². The largest absolute Gasteiger partial charge is 0.473 e. The minimum absolute atomic E-state index is 0.118. The summed E-state index contributed by atoms with van der Waals surface area (Å²) in [5, 5.41) is 8.54. The maximum Gasteiger partial charge on any atom is 0.246 e. The Hall–Kier alpha value is -3.20. The third-order valence-corrected chi connectivity index (χ3v) is 4.98. The van der Waals surface area contributed by atoms with Crippen molar-refractivity contribution in [3.05, 3.63) is 43.5 Å². The van der Waals surface area contributed by atoms with Crippen LogP contribution in [0.3, 0.4) is 0 Å². The number of carbonyl (C=O) groups excluding carboxylic acids is 1. The van der Waals surface area contributed by atoms with Crippen LogP contribution in [0, 0.1) is 0 Å². The molecule has 0 saturated carbocycles. The summed E-state index contributed by atoms with van der Waals surface area (Å²) in [5.74, 6) is 0.330. The van der Waals surface area contributed by atoms with Gasteiger partial charge in [0.2, 0.25) is 11.8 Å². The van der Waals surface area contributed by atoms with Crippen LogP contribution < -0.4 is 4.74 Å². The lowest BCUT2D eigenvalue weighted by Gasteiger charge is -2.48. The van der Waals surface area contributed by atoms with Crippen molar-refractivity contribution >= 4 is 11.4 Å². The lowest BCUT2D eigenvalue weighted by atomic mass is 9.98. The zero-order valence-electron chi connectivity index (χ0n) is 17.7. The minimum Gasteiger partial charge on any atom is -0.473 e. The predicted molar refractivity (Wildman–Crippen MR) is 111 cm³/mol. The van der Waals surface area contributed by atoms with E-state index in [-0.39, 0.29) is 12.5 Å². The highest BCUT2D eigenvalue weighted by molar-refractivity contribution is 5.87. The number of carbonyl (C=O) groups is 1. The highest BCUT2D eigenvalue weighted by Crippen LogP contribution is 2.30. The highest BCUT2D eigenvalue weighted by atomic mass is 16.6. The zero-order chi connectivity index (χ0) is 21.5. The van der Waals surface area contributed by atoms with Crippen molar-refractivity contribution < 1.29 is 14.3 Å². The molecule has 0 unspecified atom stereocenters. The topological polar surface area (TPSA) is 86.8 Å². The summed E-state index contributed by atoms with van der Waals surface area (Å²) in [6, 6.07) is 1.84. The number of nitrogens with zero attached hydrogens (tertiary/aromatic N) is 6. The van der Waals surface area contributed by atoms with E-state index < -0.39 is 11.2 Å². The minimum atomic E-state index is -0.705. The van der Waals surface area contributed by atoms with E-state index in [1.807, 2.05) is 46.3 Å². The van der Waals surface area contributed by atoms with Crippen LogP contribution in [0.5, 0.6) is 5.88 Å². The summed E-state index contributed by atoms with van der Waals surface area (Å²) in [7, 11) is 1.85. The molecule has 0 aromatic carbocycles. The molecular weight excluding hydrogens is 384 g/mol. The summed E-state index contributed by atoms with van der Waals surface area (Å²) >= 11 is 0. The summed E-state index contributed by atoms with van der Waals surface area (Å²) in [6.07, 6.45) is 8.49. The van der Waals surface area contributed by atoms with E-state index in [4.69, 9.17) is 14.5 Å². The van der Waals surface area contributed by atoms with Crippen LogP contribution in [-0.2, 0) is 16.6 Å². The first-order valence-corrected chi connectivity index (χ1v) is 9.76. The van der Waals surface area contributed by atoms with E-state index in [1.165, 1.54) is 6.08 Å². The summed E-state index contributed by atoms with van der Waals surface area (Å²) < 4.78 is 15.9. The molecule has 3 aromatic rings. The quantitative estimate of drug-likeness (QED) is 0.599. The van der Waals surface area contributed by atoms with Crippen LogP contribution in [0.2, 0.25) is 0 Å². The number of hydrogen-bond donors (Lipinski definition) is 0. The van der Waals surface area contributed by atoms with Gasteiger partial charge in [0.15, 0.2) is 0 Å². The van der Waals surface area contributed by atoms with Crippen molar-refractivity contribution in [1.82, 2.24) is 29.3 Å². The van der Waals surface area contributed by atoms with Gasteiger partial charge in [-0.15, -0.1) is 0 Å². The van der Waals surface area contributed by atoms with E-state index >= 15 is 0 Å². The van der Waals surface area contributed by atoms with E-state index in [0.717, 1.165) is 11.1 Å². The molecule has 9 nitrogen and oxygen atoms in total. The zero-order valence-corrected chi connectivity index (χ0v) is 17.7. The van der Waals surface area contributed by atoms with Crippen molar-refractivity contribution in [2.45, 2.75) is 32.0 Å². The lowest BCUT2D eigenvalue weighted by molar-refractivity contribution is -0.201. The molecule has 1 fully saturated rings. The number of hydrogen-bond acceptors (Lipinski definition) is 6. The average molecular weight is 410 g/mol. The van der Waals surface area contributed by atoms with Crippen LogP contribution in [0.1, 0.15) is 20.8 Å². The van der Waals surface area contributed by atoms with Gasteiger partial charge in [0.25, 0.3) is 0 Å². The SMILES string of the molecule is C=CC(=O)N1CC(C)(C)O[C@@](C)(COc2nc(-c3cnn(C)c3)cn3nccc23)C1. The number of morpholine rings is 1. The smallest absolute Gasteiger partial charge is 0.246 e. The van der Waals surface area contributed by atoms with E-state index in [2.05, 4.69) is 16.8 Å². The Labute approximate surface area is 174 Å². The molecule has 1 saturated heterocycles. The molecule has 0 spiro atoms. The van der Waals surface area contributed by atoms with Gasteiger partial charge in [0, 0.05) is 25.4 Å². The third kappa shape index (κ3) is 3.93. The number of aryl methyl sites for hydroxylation is 1. The molecule has 4 rings (SSSR count). The fourth-order valence-corrected chi connectivity index (χ4v) is 3.93. The van der Waals surface area contributed by atoms with Gasteiger partial charge in [-0.2, -0.15) is 10.2 Å². The lowest BCUT2D eigenvalue weighted by Crippen LogP contribution is -2.61. The van der Waals surface area contributed by atoms with Crippen molar-refractivity contribution in [2.75, 3.05) is 19.7 Å². The molecule has 1 amide bonds. The number of ether oxygens (including phenoxy) is 2. The Morgan fingerprint density at radius 1 is 1.30 bits per heavy atom. The fraction of sp³-hybridized carbons (Fsp3) is 0.429. The molecule has 4 heterocycles. The van der Waals surface area contributed by atoms with Gasteiger partial charge in [-0.3, -0.25) is 9.48 Å². The monoisotopic (exact) mass is 410 g/mol. The Bertz CT molecular complexity index is 1100. The van der Waals surface area contributed by atoms with E-state index in [1.54, 1.807) is 26.5 Å². The van der Waals surface area contributed by atoms with Crippen molar-refractivity contribution in [3.63, 3.8) is 0 Å². The number of fused-ring (bicyclic) bond motifs is 1. The first-order chi connectivity index (χ1) is 14.2. The summed E-state index contributed by atoms with van der Waals surface area (Å²) in [5.41, 5.74) is 1.10. The van der Waals surface area contributed by atoms with Crippen LogP contribution in [-0.4, -0.2) is 66.1 Å². The number of rotatable bonds is 5. The molecule has 158 valence electrons. The van der Waals surface area contributed by atoms with Crippen LogP contribution in [0.4, 0.5) is 0 Å². The Kier molecular flexibility index (Phi) is 4.85. The van der Waals surface area contributed by atoms with Gasteiger partial charge in [0.05, 0.1) is 36.4 Å². The molecule has 30 heavy (non-hydrogen) atoms. The molecule has 0 bridgehead atoms. The van der Waals surface area contributed by atoms with Crippen molar-refractivity contribution in [2.24, 2.45) is 7.05 Å². The first kappa shape index (κ1) is 20.1. The third-order valence-electron chi connectivity index (χ3n) is 4.98. The van der Waals surface area contributed by atoms with Gasteiger partial charge >= 0.3 is 0 Å². The number of aromatic nitrogens is 5. The van der Waals surface area contributed by atoms with E-state index in [0.29, 0.717) is 24.7 Å². The second-order valence-electron chi connectivity index (χ2n) is 8.49. The average Bonchev–Trinajstić information content (AvgIpc) is 3.32. The molecule has 9 heteroatoms. The van der Waals surface area contributed by atoms with Crippen LogP contribution >= 0.6 is 0 Å². The summed E-state index contributed by atoms with van der Waals surface area (Å²) in [4.78, 5) is 18.7. The van der Waals surface area contributed by atoms with Gasteiger partial charge in [0.1, 0.15) is 17.7 Å². The summed E-state index contributed by atoms with van der Waals surface area (Å²) in [6.45, 7) is 10.6. The van der Waals surface area contributed by atoms with Gasteiger partial charge in [-0.25, -0.2) is 9.50 Å². The Morgan fingerprint density at radius 3 is 2.80 bits per heavy atom. The normalized spacial score (nSPS) is 21.0. The van der Waals surface area contributed by atoms with Gasteiger partial charge < -0.3 is 14.4 Å². The Morgan fingerprint density at radius 2 is 2.10 bits per heavy atom. The standard InChI is InChI=1S/C21H26N6O3/c1-6-18(28)26-12-20(2,3)30-21(4,13-26)14-29-19-17-7-8-22-27(17)11-16(24-19)15-9-23-25(5)10-15/h6-11H,1,12-14H2,2-5H3/t21-/m1/s1. The molecule has 3 aromatic heterocycles. The maximum absolute atomic E-state index is 12.2. The maximum atomic E-state index is 12.2. The van der Waals surface area contributed by atoms with E-state index in [9.17, 15) is 4.79 Å². The van der Waals surface area contributed by atoms with Gasteiger partial charge in [-0.05, 0) is 32.9 Å².